The Labute approximate surface area is 144 Å². The monoisotopic (exact) mass is 338 g/mol. The van der Waals surface area contributed by atoms with Gasteiger partial charge < -0.3 is 14.7 Å². The second kappa shape index (κ2) is 6.18. The van der Waals surface area contributed by atoms with Gasteiger partial charge in [0.1, 0.15) is 17.9 Å². The second-order valence-corrected chi connectivity index (χ2v) is 6.16. The summed E-state index contributed by atoms with van der Waals surface area (Å²) in [5, 5.41) is 16.1. The van der Waals surface area contributed by atoms with Gasteiger partial charge in [0.25, 0.3) is 5.91 Å². The summed E-state index contributed by atoms with van der Waals surface area (Å²) in [5.41, 5.74) is 0.396. The van der Waals surface area contributed by atoms with E-state index in [0.717, 1.165) is 10.8 Å². The number of amides is 1. The van der Waals surface area contributed by atoms with Crippen LogP contribution in [0.5, 0.6) is 5.75 Å². The minimum Gasteiger partial charge on any atom is -0.482 e. The highest BCUT2D eigenvalue weighted by Gasteiger charge is 2.37. The van der Waals surface area contributed by atoms with Gasteiger partial charge in [0.15, 0.2) is 5.75 Å². The third kappa shape index (κ3) is 2.94. The molecule has 1 aliphatic heterocycles. The Morgan fingerprint density at radius 2 is 2.12 bits per heavy atom. The topological polar surface area (TPSA) is 80.5 Å². The maximum Gasteiger partial charge on any atom is 0.273 e. The normalized spacial score (nSPS) is 20.2. The minimum absolute atomic E-state index is 0.201. The number of rotatable bonds is 3. The van der Waals surface area contributed by atoms with Gasteiger partial charge in [-0.15, -0.1) is 0 Å². The largest absolute Gasteiger partial charge is 0.482 e. The van der Waals surface area contributed by atoms with E-state index in [1.807, 2.05) is 30.3 Å². The van der Waals surface area contributed by atoms with Crippen molar-refractivity contribution in [2.24, 2.45) is 7.05 Å². The average molecular weight is 338 g/mol. The third-order valence-electron chi connectivity index (χ3n) is 4.37. The van der Waals surface area contributed by atoms with Crippen LogP contribution >= 0.6 is 0 Å². The predicted octanol–water partition coefficient (Wildman–Crippen LogP) is 1.23. The molecule has 0 bridgehead atoms. The Balaban J connectivity index is 1.55. The van der Waals surface area contributed by atoms with Crippen LogP contribution in [0.1, 0.15) is 10.5 Å². The van der Waals surface area contributed by atoms with E-state index in [1.54, 1.807) is 35.2 Å². The van der Waals surface area contributed by atoms with Gasteiger partial charge >= 0.3 is 0 Å². The molecule has 3 heterocycles. The van der Waals surface area contributed by atoms with Gasteiger partial charge in [-0.1, -0.05) is 24.3 Å². The average Bonchev–Trinajstić information content (AvgIpc) is 3.20. The molecule has 7 heteroatoms. The summed E-state index contributed by atoms with van der Waals surface area (Å²) in [6.45, 7) is 0.522. The maximum absolute atomic E-state index is 12.9. The summed E-state index contributed by atoms with van der Waals surface area (Å²) in [6.07, 6.45) is 3.71. The molecule has 3 aromatic rings. The second-order valence-electron chi connectivity index (χ2n) is 6.16. The lowest BCUT2D eigenvalue weighted by Gasteiger charge is -2.16. The van der Waals surface area contributed by atoms with Gasteiger partial charge in [-0.2, -0.15) is 5.10 Å². The van der Waals surface area contributed by atoms with Crippen LogP contribution in [0.25, 0.3) is 10.8 Å². The Bertz CT molecular complexity index is 918. The molecule has 1 saturated heterocycles. The molecule has 7 nitrogen and oxygen atoms in total. The Morgan fingerprint density at radius 3 is 2.92 bits per heavy atom. The van der Waals surface area contributed by atoms with Crippen molar-refractivity contribution in [2.75, 3.05) is 13.1 Å². The van der Waals surface area contributed by atoms with Crippen LogP contribution in [0.2, 0.25) is 0 Å². The summed E-state index contributed by atoms with van der Waals surface area (Å²) in [7, 11) is 1.79. The Hall–Kier alpha value is -2.93. The van der Waals surface area contributed by atoms with Crippen LogP contribution in [0.3, 0.4) is 0 Å². The highest BCUT2D eigenvalue weighted by molar-refractivity contribution is 6.05. The molecule has 1 aromatic carbocycles. The number of ether oxygens (including phenoxy) is 1. The van der Waals surface area contributed by atoms with E-state index in [1.165, 1.54) is 0 Å². The number of aromatic nitrogens is 3. The fraction of sp³-hybridized carbons (Fsp3) is 0.278. The summed E-state index contributed by atoms with van der Waals surface area (Å²) in [5.74, 6) is 0.372. The molecule has 1 N–H and O–H groups in total. The quantitative estimate of drug-likeness (QED) is 0.777. The molecule has 0 radical (unpaired) electrons. The lowest BCUT2D eigenvalue weighted by molar-refractivity contribution is 0.0728. The van der Waals surface area contributed by atoms with E-state index in [-0.39, 0.29) is 12.5 Å². The number of benzene rings is 1. The van der Waals surface area contributed by atoms with Gasteiger partial charge in [0, 0.05) is 18.6 Å². The lowest BCUT2D eigenvalue weighted by Crippen LogP contribution is -2.31. The first-order valence-corrected chi connectivity index (χ1v) is 8.08. The van der Waals surface area contributed by atoms with Crippen molar-refractivity contribution >= 4 is 16.7 Å². The van der Waals surface area contributed by atoms with Crippen molar-refractivity contribution < 1.29 is 14.6 Å². The number of nitrogens with zero attached hydrogens (tertiary/aromatic N) is 4. The van der Waals surface area contributed by atoms with Crippen molar-refractivity contribution in [3.8, 4) is 5.75 Å². The SMILES string of the molecule is Cn1cc(O[C@@H]2CN(C(=O)c3nccc4ccccc34)C[C@H]2O)cn1. The zero-order chi connectivity index (χ0) is 17.4. The smallest absolute Gasteiger partial charge is 0.273 e. The van der Waals surface area contributed by atoms with Crippen molar-refractivity contribution in [3.63, 3.8) is 0 Å². The molecule has 2 aromatic heterocycles. The highest BCUT2D eigenvalue weighted by atomic mass is 16.5. The van der Waals surface area contributed by atoms with Crippen molar-refractivity contribution in [3.05, 3.63) is 54.6 Å². The predicted molar refractivity (Wildman–Crippen MR) is 91.3 cm³/mol. The van der Waals surface area contributed by atoms with Crippen LogP contribution < -0.4 is 4.74 Å². The molecule has 0 unspecified atom stereocenters. The molecule has 2 atom stereocenters. The number of carbonyl (C=O) groups excluding carboxylic acids is 1. The van der Waals surface area contributed by atoms with E-state index in [9.17, 15) is 9.90 Å². The molecule has 1 amide bonds. The molecule has 128 valence electrons. The van der Waals surface area contributed by atoms with Crippen LogP contribution in [0, 0.1) is 0 Å². The fourth-order valence-corrected chi connectivity index (χ4v) is 3.11. The molecule has 0 aliphatic carbocycles. The van der Waals surface area contributed by atoms with Gasteiger partial charge in [-0.05, 0) is 11.5 Å². The molecular weight excluding hydrogens is 320 g/mol. The van der Waals surface area contributed by atoms with Crippen LogP contribution in [0.4, 0.5) is 0 Å². The van der Waals surface area contributed by atoms with E-state index in [0.29, 0.717) is 18.0 Å². The van der Waals surface area contributed by atoms with E-state index in [2.05, 4.69) is 10.1 Å². The van der Waals surface area contributed by atoms with Gasteiger partial charge in [0.05, 0.1) is 25.5 Å². The number of hydrogen-bond donors (Lipinski definition) is 1. The van der Waals surface area contributed by atoms with Crippen molar-refractivity contribution in [2.45, 2.75) is 12.2 Å². The van der Waals surface area contributed by atoms with Crippen LogP contribution in [-0.2, 0) is 7.05 Å². The minimum atomic E-state index is -0.751. The summed E-state index contributed by atoms with van der Waals surface area (Å²) in [4.78, 5) is 18.7. The first-order valence-electron chi connectivity index (χ1n) is 8.08. The molecular formula is C18H18N4O3. The number of β-amino-alcohol motifs (C(OH)–C–C–N with tert-alkyl or cyclic N) is 1. The van der Waals surface area contributed by atoms with Gasteiger partial charge in [-0.25, -0.2) is 0 Å². The first-order chi connectivity index (χ1) is 12.1. The standard InChI is InChI=1S/C18H18N4O3/c1-21-9-13(8-20-21)25-16-11-22(10-15(16)23)18(24)17-14-5-3-2-4-12(14)6-7-19-17/h2-9,15-16,23H,10-11H2,1H3/t15-,16-/m1/s1. The van der Waals surface area contributed by atoms with E-state index >= 15 is 0 Å². The third-order valence-corrected chi connectivity index (χ3v) is 4.37. The van der Waals surface area contributed by atoms with Crippen molar-refractivity contribution in [1.29, 1.82) is 0 Å². The number of pyridine rings is 1. The molecule has 0 spiro atoms. The zero-order valence-electron chi connectivity index (χ0n) is 13.7. The number of aliphatic hydroxyl groups excluding tert-OH is 1. The first kappa shape index (κ1) is 15.6. The number of fused-ring (bicyclic) bond motifs is 1. The fourth-order valence-electron chi connectivity index (χ4n) is 3.11. The number of aliphatic hydroxyl groups is 1. The van der Waals surface area contributed by atoms with Crippen LogP contribution in [-0.4, -0.2) is 56.0 Å². The molecule has 1 fully saturated rings. The number of likely N-dealkylation sites (tertiary alicyclic amines) is 1. The Kier molecular flexibility index (Phi) is 3.85. The van der Waals surface area contributed by atoms with E-state index < -0.39 is 12.2 Å². The summed E-state index contributed by atoms with van der Waals surface area (Å²) in [6, 6.07) is 9.51. The molecule has 1 aliphatic rings. The summed E-state index contributed by atoms with van der Waals surface area (Å²) >= 11 is 0. The number of hydrogen-bond acceptors (Lipinski definition) is 5. The van der Waals surface area contributed by atoms with E-state index in [4.69, 9.17) is 4.74 Å². The molecule has 4 rings (SSSR count). The van der Waals surface area contributed by atoms with Gasteiger partial charge in [-0.3, -0.25) is 14.5 Å². The lowest BCUT2D eigenvalue weighted by atomic mass is 10.1. The molecule has 25 heavy (non-hydrogen) atoms. The zero-order valence-corrected chi connectivity index (χ0v) is 13.7. The number of carbonyl (C=O) groups is 1. The number of aryl methyl sites for hydroxylation is 1. The molecule has 0 saturated carbocycles. The summed E-state index contributed by atoms with van der Waals surface area (Å²) < 4.78 is 7.39. The maximum atomic E-state index is 12.9. The van der Waals surface area contributed by atoms with Gasteiger partial charge in [0.2, 0.25) is 0 Å². The van der Waals surface area contributed by atoms with Crippen LogP contribution in [0.15, 0.2) is 48.9 Å². The van der Waals surface area contributed by atoms with Crippen molar-refractivity contribution in [1.82, 2.24) is 19.7 Å². The Morgan fingerprint density at radius 1 is 1.28 bits per heavy atom. The highest BCUT2D eigenvalue weighted by Crippen LogP contribution is 2.22.